The third-order valence-corrected chi connectivity index (χ3v) is 1.43. The fourth-order valence-corrected chi connectivity index (χ4v) is 0.621. The number of nitrogens with one attached hydrogen (secondary N) is 1. The van der Waals surface area contributed by atoms with E-state index < -0.39 is 5.54 Å². The first-order valence-electron chi connectivity index (χ1n) is 4.06. The van der Waals surface area contributed by atoms with Crippen molar-refractivity contribution in [2.45, 2.75) is 19.4 Å². The maximum Gasteiger partial charge on any atom is 0.239 e. The molecule has 0 aromatic heterocycles. The van der Waals surface area contributed by atoms with Crippen LogP contribution in [0.1, 0.15) is 13.8 Å². The molecule has 0 heterocycles. The molecule has 0 aliphatic heterocycles. The molecule has 6 heteroatoms. The molecular formula is C8H21Cl2N3O. The summed E-state index contributed by atoms with van der Waals surface area (Å²) in [5.41, 5.74) is 4.80. The molecule has 0 spiro atoms. The van der Waals surface area contributed by atoms with E-state index in [0.717, 1.165) is 6.54 Å². The highest BCUT2D eigenvalue weighted by Crippen LogP contribution is 1.94. The zero-order chi connectivity index (χ0) is 9.78. The Kier molecular flexibility index (Phi) is 11.6. The number of amides is 1. The average molecular weight is 246 g/mol. The van der Waals surface area contributed by atoms with Crippen LogP contribution in [0.15, 0.2) is 0 Å². The number of halogens is 2. The van der Waals surface area contributed by atoms with Crippen LogP contribution in [-0.2, 0) is 4.79 Å². The van der Waals surface area contributed by atoms with Gasteiger partial charge in [0.15, 0.2) is 0 Å². The van der Waals surface area contributed by atoms with Gasteiger partial charge in [-0.2, -0.15) is 0 Å². The van der Waals surface area contributed by atoms with Crippen molar-refractivity contribution in [1.29, 1.82) is 0 Å². The summed E-state index contributed by atoms with van der Waals surface area (Å²) in [6.07, 6.45) is 0. The number of likely N-dealkylation sites (N-methyl/N-ethyl adjacent to an activating group) is 1. The lowest BCUT2D eigenvalue weighted by atomic mass is 10.1. The Morgan fingerprint density at radius 2 is 1.79 bits per heavy atom. The molecule has 0 radical (unpaired) electrons. The van der Waals surface area contributed by atoms with E-state index in [0.29, 0.717) is 6.54 Å². The molecule has 14 heavy (non-hydrogen) atoms. The molecule has 0 unspecified atom stereocenters. The molecule has 0 aromatic carbocycles. The molecular weight excluding hydrogens is 225 g/mol. The smallest absolute Gasteiger partial charge is 0.239 e. The van der Waals surface area contributed by atoms with Gasteiger partial charge in [-0.25, -0.2) is 0 Å². The SMILES string of the molecule is CN(C)CCNC(=O)C(C)(C)N.Cl.Cl. The van der Waals surface area contributed by atoms with E-state index in [1.54, 1.807) is 13.8 Å². The second-order valence-electron chi connectivity index (χ2n) is 3.78. The van der Waals surface area contributed by atoms with Gasteiger partial charge in [0.25, 0.3) is 0 Å². The Morgan fingerprint density at radius 3 is 2.07 bits per heavy atom. The van der Waals surface area contributed by atoms with Crippen molar-refractivity contribution in [3.8, 4) is 0 Å². The van der Waals surface area contributed by atoms with E-state index in [9.17, 15) is 4.79 Å². The Hall–Kier alpha value is -0.0300. The molecule has 3 N–H and O–H groups in total. The predicted octanol–water partition coefficient (Wildman–Crippen LogP) is 0.245. The maximum atomic E-state index is 11.2. The van der Waals surface area contributed by atoms with Crippen molar-refractivity contribution in [3.63, 3.8) is 0 Å². The van der Waals surface area contributed by atoms with Crippen molar-refractivity contribution < 1.29 is 4.79 Å². The third-order valence-electron chi connectivity index (χ3n) is 1.43. The zero-order valence-electron chi connectivity index (χ0n) is 9.16. The van der Waals surface area contributed by atoms with Crippen LogP contribution >= 0.6 is 24.8 Å². The molecule has 0 atom stereocenters. The van der Waals surface area contributed by atoms with E-state index >= 15 is 0 Å². The first-order valence-corrected chi connectivity index (χ1v) is 4.06. The monoisotopic (exact) mass is 245 g/mol. The number of hydrogen-bond donors (Lipinski definition) is 2. The molecule has 0 aromatic rings. The molecule has 0 saturated heterocycles. The molecule has 0 fully saturated rings. The highest BCUT2D eigenvalue weighted by Gasteiger charge is 2.20. The Labute approximate surface area is 98.4 Å². The van der Waals surface area contributed by atoms with Crippen molar-refractivity contribution in [3.05, 3.63) is 0 Å². The van der Waals surface area contributed by atoms with Crippen molar-refractivity contribution >= 4 is 30.7 Å². The van der Waals surface area contributed by atoms with E-state index in [1.165, 1.54) is 0 Å². The van der Waals surface area contributed by atoms with Gasteiger partial charge in [-0.3, -0.25) is 4.79 Å². The number of hydrogen-bond acceptors (Lipinski definition) is 3. The summed E-state index contributed by atoms with van der Waals surface area (Å²) in [4.78, 5) is 13.2. The second-order valence-corrected chi connectivity index (χ2v) is 3.78. The van der Waals surface area contributed by atoms with Crippen molar-refractivity contribution in [2.24, 2.45) is 5.73 Å². The Balaban J connectivity index is -0.000000605. The second kappa shape index (κ2) is 8.29. The number of carbonyl (C=O) groups is 1. The van der Waals surface area contributed by atoms with Crippen LogP contribution in [0.25, 0.3) is 0 Å². The first kappa shape index (κ1) is 19.5. The minimum atomic E-state index is -0.772. The van der Waals surface area contributed by atoms with Gasteiger partial charge in [-0.1, -0.05) is 0 Å². The number of nitrogens with zero attached hydrogens (tertiary/aromatic N) is 1. The first-order chi connectivity index (χ1) is 5.34. The fraction of sp³-hybridized carbons (Fsp3) is 0.875. The van der Waals surface area contributed by atoms with E-state index in [4.69, 9.17) is 5.73 Å². The van der Waals surface area contributed by atoms with Gasteiger partial charge < -0.3 is 16.0 Å². The zero-order valence-corrected chi connectivity index (χ0v) is 10.8. The molecule has 4 nitrogen and oxygen atoms in total. The average Bonchev–Trinajstić information content (AvgIpc) is 1.84. The number of rotatable bonds is 4. The molecule has 0 aliphatic rings. The normalized spacial score (nSPS) is 10.1. The molecule has 0 aliphatic carbocycles. The summed E-state index contributed by atoms with van der Waals surface area (Å²) in [7, 11) is 3.92. The van der Waals surface area contributed by atoms with Crippen LogP contribution in [0.2, 0.25) is 0 Å². The maximum absolute atomic E-state index is 11.2. The van der Waals surface area contributed by atoms with Gasteiger partial charge in [0.1, 0.15) is 0 Å². The van der Waals surface area contributed by atoms with E-state index in [1.807, 2.05) is 19.0 Å². The number of nitrogens with two attached hydrogens (primary N) is 1. The standard InChI is InChI=1S/C8H19N3O.2ClH/c1-8(2,9)7(12)10-5-6-11(3)4;;/h5-6,9H2,1-4H3,(H,10,12);2*1H. The molecule has 0 rings (SSSR count). The summed E-state index contributed by atoms with van der Waals surface area (Å²) in [6, 6.07) is 0. The van der Waals surface area contributed by atoms with Crippen LogP contribution in [-0.4, -0.2) is 43.5 Å². The Morgan fingerprint density at radius 1 is 1.36 bits per heavy atom. The minimum absolute atomic E-state index is 0. The summed E-state index contributed by atoms with van der Waals surface area (Å²) >= 11 is 0. The van der Waals surface area contributed by atoms with Crippen molar-refractivity contribution in [1.82, 2.24) is 10.2 Å². The minimum Gasteiger partial charge on any atom is -0.353 e. The lowest BCUT2D eigenvalue weighted by Crippen LogP contribution is -2.50. The van der Waals surface area contributed by atoms with E-state index in [-0.39, 0.29) is 30.7 Å². The molecule has 1 amide bonds. The van der Waals surface area contributed by atoms with Crippen LogP contribution in [0.3, 0.4) is 0 Å². The molecule has 88 valence electrons. The van der Waals surface area contributed by atoms with Crippen molar-refractivity contribution in [2.75, 3.05) is 27.2 Å². The lowest BCUT2D eigenvalue weighted by Gasteiger charge is -2.18. The fourth-order valence-electron chi connectivity index (χ4n) is 0.621. The van der Waals surface area contributed by atoms with Crippen LogP contribution in [0, 0.1) is 0 Å². The lowest BCUT2D eigenvalue weighted by molar-refractivity contribution is -0.125. The molecule has 0 bridgehead atoms. The highest BCUT2D eigenvalue weighted by molar-refractivity contribution is 5.85. The quantitative estimate of drug-likeness (QED) is 0.747. The van der Waals surface area contributed by atoms with Crippen LogP contribution in [0.4, 0.5) is 0 Å². The van der Waals surface area contributed by atoms with E-state index in [2.05, 4.69) is 5.32 Å². The van der Waals surface area contributed by atoms with Gasteiger partial charge in [-0.05, 0) is 27.9 Å². The topological polar surface area (TPSA) is 58.4 Å². The third kappa shape index (κ3) is 10.1. The molecule has 0 saturated carbocycles. The van der Waals surface area contributed by atoms with Gasteiger partial charge >= 0.3 is 0 Å². The van der Waals surface area contributed by atoms with Gasteiger partial charge in [0, 0.05) is 13.1 Å². The van der Waals surface area contributed by atoms with Crippen LogP contribution in [0.5, 0.6) is 0 Å². The summed E-state index contributed by atoms with van der Waals surface area (Å²) in [6.45, 7) is 4.87. The summed E-state index contributed by atoms with van der Waals surface area (Å²) < 4.78 is 0. The van der Waals surface area contributed by atoms with Gasteiger partial charge in [0.05, 0.1) is 5.54 Å². The Bertz CT molecular complexity index is 157. The van der Waals surface area contributed by atoms with Gasteiger partial charge in [0.2, 0.25) is 5.91 Å². The van der Waals surface area contributed by atoms with Crippen LogP contribution < -0.4 is 11.1 Å². The highest BCUT2D eigenvalue weighted by atomic mass is 35.5. The summed E-state index contributed by atoms with van der Waals surface area (Å²) in [5.74, 6) is -0.107. The van der Waals surface area contributed by atoms with Gasteiger partial charge in [-0.15, -0.1) is 24.8 Å². The largest absolute Gasteiger partial charge is 0.353 e. The number of carbonyl (C=O) groups excluding carboxylic acids is 1. The predicted molar refractivity (Wildman–Crippen MR) is 64.3 cm³/mol. The summed E-state index contributed by atoms with van der Waals surface area (Å²) in [5, 5.41) is 2.75.